The monoisotopic (exact) mass is 1020 g/mol. The first kappa shape index (κ1) is 60.1. The fourth-order valence-electron chi connectivity index (χ4n) is 7.88. The van der Waals surface area contributed by atoms with Crippen molar-refractivity contribution in [2.75, 3.05) is 56.3 Å². The van der Waals surface area contributed by atoms with Gasteiger partial charge in [-0.05, 0) is 98.6 Å². The van der Waals surface area contributed by atoms with Crippen LogP contribution in [0, 0.1) is 0 Å². The molecule has 0 fully saturated rings. The van der Waals surface area contributed by atoms with Crippen molar-refractivity contribution in [3.63, 3.8) is 0 Å². The van der Waals surface area contributed by atoms with Gasteiger partial charge in [0.05, 0.1) is 29.1 Å². The van der Waals surface area contributed by atoms with Crippen molar-refractivity contribution < 1.29 is 125 Å². The maximum atomic E-state index is 13.9. The van der Waals surface area contributed by atoms with E-state index < -0.39 is 73.6 Å². The maximum Gasteiger partial charge on any atom is 1.00 e. The number of nitrogens with zero attached hydrogens (tertiary/aromatic N) is 2. The van der Waals surface area contributed by atoms with Crippen LogP contribution in [0.25, 0.3) is 17.4 Å². The Kier molecular flexibility index (Phi) is 22.5. The zero-order valence-electron chi connectivity index (χ0n) is 38.9. The number of methoxy groups -OCH3 is 1. The summed E-state index contributed by atoms with van der Waals surface area (Å²) < 4.78 is 146. The normalized spacial score (nSPS) is 16.9. The number of rotatable bonds is 23. The predicted molar refractivity (Wildman–Crippen MR) is 241 cm³/mol. The average Bonchev–Trinajstić information content (AvgIpc) is 3.39. The molecule has 2 heterocycles. The fourth-order valence-corrected chi connectivity index (χ4v) is 10.6. The van der Waals surface area contributed by atoms with E-state index in [4.69, 9.17) is 14.3 Å². The number of ether oxygens (including phenoxy) is 1. The Morgan fingerprint density at radius 2 is 1.59 bits per heavy atom. The van der Waals surface area contributed by atoms with Crippen LogP contribution in [0.4, 0.5) is 5.69 Å². The molecule has 0 aromatic heterocycles. The number of sulfonamides is 1. The van der Waals surface area contributed by atoms with Crippen molar-refractivity contribution in [2.24, 2.45) is 0 Å². The largest absolute Gasteiger partial charge is 1.00 e. The number of carboxylic acid groups (broad SMARTS) is 1. The Bertz CT molecular complexity index is 2750. The fraction of sp³-hybridized carbons (Fsp3) is 0.524. The Hall–Kier alpha value is -2.00. The van der Waals surface area contributed by atoms with E-state index in [9.17, 15) is 52.1 Å². The second-order valence-corrected chi connectivity index (χ2v) is 23.1. The van der Waals surface area contributed by atoms with Crippen molar-refractivity contribution >= 4 is 58.1 Å². The van der Waals surface area contributed by atoms with E-state index in [2.05, 4.69) is 4.72 Å². The summed E-state index contributed by atoms with van der Waals surface area (Å²) in [6.45, 7) is 10.2. The smallest absolute Gasteiger partial charge is 0.744 e. The minimum atomic E-state index is -4.90. The van der Waals surface area contributed by atoms with Gasteiger partial charge in [0.1, 0.15) is 34.7 Å². The van der Waals surface area contributed by atoms with Gasteiger partial charge in [-0.2, -0.15) is 16.8 Å². The number of carboxylic acids is 1. The molecule has 0 bridgehead atoms. The van der Waals surface area contributed by atoms with E-state index in [0.29, 0.717) is 65.4 Å². The summed E-state index contributed by atoms with van der Waals surface area (Å²) in [6, 6.07) is 8.86. The van der Waals surface area contributed by atoms with Gasteiger partial charge in [0.2, 0.25) is 15.4 Å². The van der Waals surface area contributed by atoms with Crippen LogP contribution in [0.2, 0.25) is 0 Å². The summed E-state index contributed by atoms with van der Waals surface area (Å²) in [5.74, 6) is -1.41. The van der Waals surface area contributed by atoms with Gasteiger partial charge in [0.15, 0.2) is 4.90 Å². The molecule has 356 valence electrons. The first-order valence-electron chi connectivity index (χ1n) is 20.7. The molecule has 0 amide bonds. The number of unbranched alkanes of at least 4 members (excludes halogenated alkanes) is 2. The van der Waals surface area contributed by atoms with E-state index in [-0.39, 0.29) is 121 Å². The minimum Gasteiger partial charge on any atom is -0.744 e. The second-order valence-electron chi connectivity index (χ2n) is 16.9. The zero-order valence-corrected chi connectivity index (χ0v) is 46.1. The van der Waals surface area contributed by atoms with Gasteiger partial charge >= 0.3 is 65.1 Å². The minimum absolute atomic E-state index is 0. The average molecular weight is 1020 g/mol. The molecule has 18 nitrogen and oxygen atoms in total. The molecule has 0 radical (unpaired) electrons. The molecule has 4 N–H and O–H groups in total. The number of hydrogen-bond donors (Lipinski definition) is 4. The van der Waals surface area contributed by atoms with Crippen molar-refractivity contribution in [1.82, 2.24) is 9.30 Å². The molecule has 1 atom stereocenters. The molecule has 0 saturated heterocycles. The predicted octanol–water partition coefficient (Wildman–Crippen LogP) is -1.42. The Labute approximate surface area is 433 Å². The van der Waals surface area contributed by atoms with Crippen LogP contribution in [0.5, 0.6) is 0 Å². The number of hydrogen-bond acceptors (Lipinski definition) is 13. The van der Waals surface area contributed by atoms with Crippen LogP contribution in [0.1, 0.15) is 96.5 Å². The summed E-state index contributed by atoms with van der Waals surface area (Å²) in [7, 11) is -16.3. The van der Waals surface area contributed by atoms with Gasteiger partial charge in [-0.15, -0.1) is 0 Å². The summed E-state index contributed by atoms with van der Waals surface area (Å²) in [5.41, 5.74) is 1.16. The number of allylic oxidation sites excluding steroid dienone is 3. The summed E-state index contributed by atoms with van der Waals surface area (Å²) in [4.78, 5) is 12.5. The molecule has 2 aliphatic heterocycles. The topological polar surface area (TPSA) is 278 Å². The van der Waals surface area contributed by atoms with Crippen LogP contribution in [0.3, 0.4) is 0 Å². The second kappa shape index (κ2) is 24.7. The van der Waals surface area contributed by atoms with Gasteiger partial charge < -0.3 is 23.7 Å². The van der Waals surface area contributed by atoms with Crippen molar-refractivity contribution in [1.29, 1.82) is 0 Å². The quantitative estimate of drug-likeness (QED) is 0.0367. The van der Waals surface area contributed by atoms with E-state index in [1.807, 2.05) is 25.7 Å². The first-order chi connectivity index (χ1) is 29.6. The standard InChI is InChI=1S/C42H59N3O15S4.2Na/c1-7-44(21-13-25-62(51,52)53)36-29-37-32(28-38(36)63(54,55)43-20-23-59-6)33(41(2,3)4)26-30(60-37)14-11-15-39-42(5,19-12-24-61(48,49)50)34-27-31(64(56,57)58)17-18-35(34)45(39)22-10-8-9-16-40(46)47;;/h11,14-15,17-18,26-29,43H,7-10,12-13,16,19-25H2,1-6H3,(H3-,46,47,48,49,50,51,52,53,56,57,58);;/q;2*+1. The van der Waals surface area contributed by atoms with Gasteiger partial charge in [-0.25, -0.2) is 26.1 Å². The molecule has 24 heteroatoms. The SMILES string of the molecule is CC[N+](CCCS(=O)(=O)O)=c1cc2oc(/C=C/C=C3/N(CCCCCC(=O)O)c4ccc(S(=O)(=O)[O-])cc4C3(C)CCCS(=O)(=O)O)cc(C(C)(C)C)c-2cc1S(=O)(=O)NCCOC.[Na+].[Na+]. The van der Waals surface area contributed by atoms with Crippen LogP contribution >= 0.6 is 0 Å². The number of anilines is 1. The number of aliphatic carboxylic acids is 1. The summed E-state index contributed by atoms with van der Waals surface area (Å²) >= 11 is 0. The summed E-state index contributed by atoms with van der Waals surface area (Å²) in [6.07, 6.45) is 6.64. The molecule has 3 aliphatic rings. The third-order valence-electron chi connectivity index (χ3n) is 11.0. The number of benzene rings is 2. The number of nitrogens with one attached hydrogen (secondary N) is 1. The van der Waals surface area contributed by atoms with Crippen molar-refractivity contribution in [3.05, 3.63) is 76.5 Å². The molecule has 1 aliphatic carbocycles. The molecule has 66 heavy (non-hydrogen) atoms. The Morgan fingerprint density at radius 1 is 0.939 bits per heavy atom. The van der Waals surface area contributed by atoms with Crippen LogP contribution < -0.4 is 78.7 Å². The number of fused-ring (bicyclic) bond motifs is 2. The molecule has 4 rings (SSSR count). The van der Waals surface area contributed by atoms with Crippen LogP contribution in [-0.4, -0.2) is 110 Å². The maximum absolute atomic E-state index is 13.9. The Morgan fingerprint density at radius 3 is 2.17 bits per heavy atom. The molecule has 1 aromatic rings. The molecule has 1 aromatic carbocycles. The van der Waals surface area contributed by atoms with E-state index >= 15 is 0 Å². The first-order valence-corrected chi connectivity index (χ1v) is 26.8. The van der Waals surface area contributed by atoms with Gasteiger partial charge in [0, 0.05) is 55.4 Å². The van der Waals surface area contributed by atoms with Crippen molar-refractivity contribution in [3.8, 4) is 11.3 Å². The van der Waals surface area contributed by atoms with E-state index in [1.54, 1.807) is 48.8 Å². The summed E-state index contributed by atoms with van der Waals surface area (Å²) in [5, 5.41) is 9.39. The van der Waals surface area contributed by atoms with Gasteiger partial charge in [0.25, 0.3) is 20.2 Å². The molecular weight excluding hydrogens is 961 g/mol. The van der Waals surface area contributed by atoms with Crippen LogP contribution in [0.15, 0.2) is 68.5 Å². The Balaban J connectivity index is 0.00000748. The number of carbonyl (C=O) groups is 1. The van der Waals surface area contributed by atoms with E-state index in [0.717, 1.165) is 0 Å². The van der Waals surface area contributed by atoms with Gasteiger partial charge in [-0.1, -0.05) is 33.3 Å². The van der Waals surface area contributed by atoms with Crippen molar-refractivity contribution in [2.45, 2.75) is 100 Å². The van der Waals surface area contributed by atoms with Gasteiger partial charge in [-0.3, -0.25) is 13.9 Å². The van der Waals surface area contributed by atoms with Crippen LogP contribution in [-0.2, 0) is 60.7 Å². The van der Waals surface area contributed by atoms with E-state index in [1.165, 1.54) is 31.4 Å². The molecular formula is C42H59N3Na2O15S4+2. The third kappa shape index (κ3) is 16.6. The third-order valence-corrected chi connectivity index (χ3v) is 14.9. The molecule has 1 unspecified atom stereocenters. The molecule has 0 spiro atoms. The zero-order chi connectivity index (χ0) is 47.9. The molecule has 0 saturated carbocycles.